The second kappa shape index (κ2) is 6.47. The lowest BCUT2D eigenvalue weighted by Gasteiger charge is -2.18. The van der Waals surface area contributed by atoms with Crippen molar-refractivity contribution < 1.29 is 4.42 Å². The number of aryl methyl sites for hydroxylation is 1. The maximum Gasteiger partial charge on any atom is 0.101 e. The van der Waals surface area contributed by atoms with Gasteiger partial charge < -0.3 is 9.73 Å². The first-order valence-electron chi connectivity index (χ1n) is 6.35. The van der Waals surface area contributed by atoms with E-state index in [2.05, 4.69) is 12.2 Å². The summed E-state index contributed by atoms with van der Waals surface area (Å²) >= 11 is 12.1. The van der Waals surface area contributed by atoms with E-state index in [4.69, 9.17) is 27.6 Å². The van der Waals surface area contributed by atoms with Crippen LogP contribution in [-0.2, 0) is 0 Å². The molecule has 1 atom stereocenters. The summed E-state index contributed by atoms with van der Waals surface area (Å²) in [6.45, 7) is 5.00. The van der Waals surface area contributed by atoms with E-state index in [0.29, 0.717) is 10.0 Å². The summed E-state index contributed by atoms with van der Waals surface area (Å²) in [5, 5.41) is 4.64. The Kier molecular flexibility index (Phi) is 4.92. The molecule has 1 aromatic carbocycles. The van der Waals surface area contributed by atoms with Gasteiger partial charge in [-0.05, 0) is 43.7 Å². The van der Waals surface area contributed by atoms with Gasteiger partial charge in [-0.3, -0.25) is 0 Å². The number of furan rings is 1. The molecule has 0 fully saturated rings. The maximum absolute atomic E-state index is 6.10. The van der Waals surface area contributed by atoms with Crippen molar-refractivity contribution in [2.75, 3.05) is 6.54 Å². The summed E-state index contributed by atoms with van der Waals surface area (Å²) < 4.78 is 5.40. The third kappa shape index (κ3) is 3.53. The Morgan fingerprint density at radius 1 is 1.16 bits per heavy atom. The standard InChI is InChI=1S/C15H17Cl2NO/c1-3-6-18-15(12-7-10(2)19-9-12)11-4-5-13(16)14(17)8-11/h4-5,7-9,15,18H,3,6H2,1-2H3. The normalized spacial score (nSPS) is 12.6. The fourth-order valence-electron chi connectivity index (χ4n) is 2.02. The van der Waals surface area contributed by atoms with Crippen LogP contribution in [0.15, 0.2) is 34.9 Å². The van der Waals surface area contributed by atoms with E-state index < -0.39 is 0 Å². The van der Waals surface area contributed by atoms with Crippen molar-refractivity contribution in [3.63, 3.8) is 0 Å². The molecule has 2 nitrogen and oxygen atoms in total. The third-order valence-corrected chi connectivity index (χ3v) is 3.70. The lowest BCUT2D eigenvalue weighted by atomic mass is 10.0. The zero-order valence-electron chi connectivity index (χ0n) is 11.0. The second-order valence-electron chi connectivity index (χ2n) is 4.55. The Morgan fingerprint density at radius 3 is 2.53 bits per heavy atom. The highest BCUT2D eigenvalue weighted by Crippen LogP contribution is 2.29. The summed E-state index contributed by atoms with van der Waals surface area (Å²) in [5.74, 6) is 0.901. The summed E-state index contributed by atoms with van der Waals surface area (Å²) in [6, 6.07) is 7.83. The molecule has 0 aliphatic carbocycles. The van der Waals surface area contributed by atoms with Gasteiger partial charge in [0, 0.05) is 5.56 Å². The van der Waals surface area contributed by atoms with Gasteiger partial charge in [-0.15, -0.1) is 0 Å². The molecule has 0 aliphatic rings. The highest BCUT2D eigenvalue weighted by molar-refractivity contribution is 6.42. The SMILES string of the molecule is CCCNC(c1coc(C)c1)c1ccc(Cl)c(Cl)c1. The minimum Gasteiger partial charge on any atom is -0.469 e. The molecule has 0 bridgehead atoms. The van der Waals surface area contributed by atoms with Gasteiger partial charge in [0.15, 0.2) is 0 Å². The highest BCUT2D eigenvalue weighted by Gasteiger charge is 2.16. The minimum absolute atomic E-state index is 0.0761. The van der Waals surface area contributed by atoms with Crippen LogP contribution in [0.25, 0.3) is 0 Å². The number of rotatable bonds is 5. The molecule has 1 heterocycles. The first-order chi connectivity index (χ1) is 9.11. The predicted octanol–water partition coefficient (Wildman–Crippen LogP) is 4.98. The Hall–Kier alpha value is -0.960. The fraction of sp³-hybridized carbons (Fsp3) is 0.333. The van der Waals surface area contributed by atoms with Crippen molar-refractivity contribution in [1.82, 2.24) is 5.32 Å². The minimum atomic E-state index is 0.0761. The lowest BCUT2D eigenvalue weighted by Crippen LogP contribution is -2.22. The van der Waals surface area contributed by atoms with E-state index in [1.807, 2.05) is 31.2 Å². The van der Waals surface area contributed by atoms with Crippen LogP contribution in [0.3, 0.4) is 0 Å². The maximum atomic E-state index is 6.10. The molecule has 0 aliphatic heterocycles. The molecule has 102 valence electrons. The molecule has 4 heteroatoms. The Bertz CT molecular complexity index is 551. The average molecular weight is 298 g/mol. The molecule has 0 amide bonds. The van der Waals surface area contributed by atoms with Gasteiger partial charge in [0.1, 0.15) is 5.76 Å². The summed E-state index contributed by atoms with van der Waals surface area (Å²) in [5.41, 5.74) is 2.19. The van der Waals surface area contributed by atoms with Crippen LogP contribution >= 0.6 is 23.2 Å². The zero-order valence-corrected chi connectivity index (χ0v) is 12.6. The molecule has 2 rings (SSSR count). The van der Waals surface area contributed by atoms with Gasteiger partial charge in [0.2, 0.25) is 0 Å². The number of hydrogen-bond acceptors (Lipinski definition) is 2. The first-order valence-corrected chi connectivity index (χ1v) is 7.10. The molecule has 1 unspecified atom stereocenters. The van der Waals surface area contributed by atoms with Crippen LogP contribution < -0.4 is 5.32 Å². The number of hydrogen-bond donors (Lipinski definition) is 1. The van der Waals surface area contributed by atoms with Crippen molar-refractivity contribution in [2.24, 2.45) is 0 Å². The summed E-state index contributed by atoms with van der Waals surface area (Å²) in [7, 11) is 0. The van der Waals surface area contributed by atoms with Gasteiger partial charge >= 0.3 is 0 Å². The summed E-state index contributed by atoms with van der Waals surface area (Å²) in [4.78, 5) is 0. The number of nitrogens with one attached hydrogen (secondary N) is 1. The average Bonchev–Trinajstić information content (AvgIpc) is 2.80. The van der Waals surface area contributed by atoms with Crippen LogP contribution in [0.1, 0.15) is 36.3 Å². The Balaban J connectivity index is 2.33. The summed E-state index contributed by atoms with van der Waals surface area (Å²) in [6.07, 6.45) is 2.85. The van der Waals surface area contributed by atoms with Gasteiger partial charge in [-0.2, -0.15) is 0 Å². The van der Waals surface area contributed by atoms with Crippen LogP contribution in [0.5, 0.6) is 0 Å². The molecule has 1 N–H and O–H groups in total. The lowest BCUT2D eigenvalue weighted by molar-refractivity contribution is 0.524. The quantitative estimate of drug-likeness (QED) is 0.841. The molecule has 1 aromatic heterocycles. The second-order valence-corrected chi connectivity index (χ2v) is 5.37. The van der Waals surface area contributed by atoms with E-state index in [1.54, 1.807) is 6.26 Å². The van der Waals surface area contributed by atoms with Gasteiger partial charge in [-0.1, -0.05) is 36.2 Å². The van der Waals surface area contributed by atoms with Crippen LogP contribution in [0, 0.1) is 6.92 Å². The molecule has 0 radical (unpaired) electrons. The largest absolute Gasteiger partial charge is 0.469 e. The van der Waals surface area contributed by atoms with Crippen molar-refractivity contribution in [3.05, 3.63) is 57.5 Å². The Labute approximate surface area is 123 Å². The molecule has 0 saturated heterocycles. The van der Waals surface area contributed by atoms with E-state index in [0.717, 1.165) is 29.9 Å². The van der Waals surface area contributed by atoms with Crippen molar-refractivity contribution >= 4 is 23.2 Å². The molecule has 0 spiro atoms. The first kappa shape index (κ1) is 14.4. The van der Waals surface area contributed by atoms with Crippen LogP contribution in [0.4, 0.5) is 0 Å². The number of halogens is 2. The molecule has 2 aromatic rings. The monoisotopic (exact) mass is 297 g/mol. The molecule has 19 heavy (non-hydrogen) atoms. The van der Waals surface area contributed by atoms with Gasteiger partial charge in [0.25, 0.3) is 0 Å². The number of benzene rings is 1. The zero-order chi connectivity index (χ0) is 13.8. The molecule has 0 saturated carbocycles. The van der Waals surface area contributed by atoms with E-state index in [-0.39, 0.29) is 6.04 Å². The topological polar surface area (TPSA) is 25.2 Å². The highest BCUT2D eigenvalue weighted by atomic mass is 35.5. The van der Waals surface area contributed by atoms with Crippen molar-refractivity contribution in [1.29, 1.82) is 0 Å². The Morgan fingerprint density at radius 2 is 1.95 bits per heavy atom. The smallest absolute Gasteiger partial charge is 0.101 e. The van der Waals surface area contributed by atoms with E-state index in [9.17, 15) is 0 Å². The molecular weight excluding hydrogens is 281 g/mol. The van der Waals surface area contributed by atoms with Crippen LogP contribution in [-0.4, -0.2) is 6.54 Å². The van der Waals surface area contributed by atoms with E-state index >= 15 is 0 Å². The van der Waals surface area contributed by atoms with Crippen molar-refractivity contribution in [3.8, 4) is 0 Å². The van der Waals surface area contributed by atoms with Gasteiger partial charge in [-0.25, -0.2) is 0 Å². The van der Waals surface area contributed by atoms with Crippen molar-refractivity contribution in [2.45, 2.75) is 26.3 Å². The predicted molar refractivity (Wildman–Crippen MR) is 80.0 cm³/mol. The molecular formula is C15H17Cl2NO. The van der Waals surface area contributed by atoms with Gasteiger partial charge in [0.05, 0.1) is 22.4 Å². The van der Waals surface area contributed by atoms with E-state index in [1.165, 1.54) is 0 Å². The van der Waals surface area contributed by atoms with Crippen LogP contribution in [0.2, 0.25) is 10.0 Å². The fourth-order valence-corrected chi connectivity index (χ4v) is 2.33. The third-order valence-electron chi connectivity index (χ3n) is 2.96.